The fourth-order valence-electron chi connectivity index (χ4n) is 4.16. The van der Waals surface area contributed by atoms with Crippen molar-refractivity contribution in [3.8, 4) is 11.5 Å². The van der Waals surface area contributed by atoms with Crippen LogP contribution in [0.3, 0.4) is 0 Å². The maximum Gasteiger partial charge on any atom is 0.339 e. The van der Waals surface area contributed by atoms with Crippen molar-refractivity contribution in [1.29, 1.82) is 0 Å². The van der Waals surface area contributed by atoms with Crippen LogP contribution in [0.5, 0.6) is 11.5 Å². The van der Waals surface area contributed by atoms with Crippen LogP contribution in [0.2, 0.25) is 0 Å². The molecule has 0 radical (unpaired) electrons. The average molecular weight is 464 g/mol. The molecule has 0 saturated heterocycles. The number of hydrogen-bond acceptors (Lipinski definition) is 7. The van der Waals surface area contributed by atoms with Gasteiger partial charge in [0.05, 0.1) is 31.0 Å². The molecule has 1 aliphatic rings. The van der Waals surface area contributed by atoms with E-state index in [1.54, 1.807) is 32.2 Å². The zero-order valence-electron chi connectivity index (χ0n) is 19.9. The van der Waals surface area contributed by atoms with Gasteiger partial charge in [-0.3, -0.25) is 14.7 Å². The number of rotatable bonds is 7. The SMILES string of the molecule is CCN1CCc2nc3ccccc3c(C(=O)OC(C)C(=O)Nc3ccc(OC)cc3OC)c2C1. The van der Waals surface area contributed by atoms with E-state index in [2.05, 4.69) is 17.1 Å². The van der Waals surface area contributed by atoms with Crippen molar-refractivity contribution >= 4 is 28.5 Å². The summed E-state index contributed by atoms with van der Waals surface area (Å²) in [4.78, 5) is 33.3. The third-order valence-corrected chi connectivity index (χ3v) is 6.10. The Kier molecular flexibility index (Phi) is 6.98. The number of nitrogens with zero attached hydrogens (tertiary/aromatic N) is 2. The predicted molar refractivity (Wildman–Crippen MR) is 129 cm³/mol. The van der Waals surface area contributed by atoms with Gasteiger partial charge in [0.15, 0.2) is 6.10 Å². The summed E-state index contributed by atoms with van der Waals surface area (Å²) in [5.41, 5.74) is 3.48. The van der Waals surface area contributed by atoms with E-state index in [1.165, 1.54) is 7.11 Å². The maximum absolute atomic E-state index is 13.4. The van der Waals surface area contributed by atoms with Crippen LogP contribution in [0.15, 0.2) is 42.5 Å². The second kappa shape index (κ2) is 10.1. The number of pyridine rings is 1. The standard InChI is InChI=1S/C26H29N3O5/c1-5-29-13-12-21-19(15-29)24(18-8-6-7-9-20(18)27-21)26(31)34-16(2)25(30)28-22-11-10-17(32-3)14-23(22)33-4/h6-11,14,16H,5,12-13,15H2,1-4H3,(H,28,30). The van der Waals surface area contributed by atoms with Gasteiger partial charge in [0.1, 0.15) is 11.5 Å². The molecule has 8 heteroatoms. The summed E-state index contributed by atoms with van der Waals surface area (Å²) < 4.78 is 16.2. The normalized spacial score (nSPS) is 14.2. The van der Waals surface area contributed by atoms with Crippen LogP contribution in [0.1, 0.15) is 35.5 Å². The highest BCUT2D eigenvalue weighted by molar-refractivity contribution is 6.06. The van der Waals surface area contributed by atoms with Gasteiger partial charge in [0.25, 0.3) is 5.91 Å². The highest BCUT2D eigenvalue weighted by Gasteiger charge is 2.28. The van der Waals surface area contributed by atoms with E-state index in [1.807, 2.05) is 24.3 Å². The molecule has 178 valence electrons. The summed E-state index contributed by atoms with van der Waals surface area (Å²) in [5.74, 6) is 0.0567. The van der Waals surface area contributed by atoms with Crippen LogP contribution in [0.4, 0.5) is 5.69 Å². The number of methoxy groups -OCH3 is 2. The third kappa shape index (κ3) is 4.68. The van der Waals surface area contributed by atoms with Crippen molar-refractivity contribution in [2.45, 2.75) is 32.9 Å². The lowest BCUT2D eigenvalue weighted by atomic mass is 9.95. The highest BCUT2D eigenvalue weighted by atomic mass is 16.5. The Balaban J connectivity index is 1.59. The number of carbonyl (C=O) groups excluding carboxylic acids is 2. The van der Waals surface area contributed by atoms with Crippen molar-refractivity contribution < 1.29 is 23.8 Å². The Bertz CT molecular complexity index is 1230. The number of hydrogen-bond donors (Lipinski definition) is 1. The number of likely N-dealkylation sites (N-methyl/N-ethyl adjacent to an activating group) is 1. The monoisotopic (exact) mass is 463 g/mol. The lowest BCUT2D eigenvalue weighted by molar-refractivity contribution is -0.123. The van der Waals surface area contributed by atoms with E-state index >= 15 is 0 Å². The zero-order chi connectivity index (χ0) is 24.2. The first-order valence-corrected chi connectivity index (χ1v) is 11.3. The quantitative estimate of drug-likeness (QED) is 0.533. The molecule has 34 heavy (non-hydrogen) atoms. The number of fused-ring (bicyclic) bond motifs is 2. The first-order valence-electron chi connectivity index (χ1n) is 11.3. The van der Waals surface area contributed by atoms with E-state index < -0.39 is 18.0 Å². The molecule has 2 aromatic carbocycles. The number of aromatic nitrogens is 1. The largest absolute Gasteiger partial charge is 0.497 e. The van der Waals surface area contributed by atoms with Crippen molar-refractivity contribution in [3.05, 3.63) is 59.3 Å². The van der Waals surface area contributed by atoms with Crippen molar-refractivity contribution in [1.82, 2.24) is 9.88 Å². The molecule has 1 aromatic heterocycles. The van der Waals surface area contributed by atoms with Crippen LogP contribution in [0, 0.1) is 0 Å². The Morgan fingerprint density at radius 3 is 2.68 bits per heavy atom. The van der Waals surface area contributed by atoms with Gasteiger partial charge in [-0.2, -0.15) is 0 Å². The number of esters is 1. The summed E-state index contributed by atoms with van der Waals surface area (Å²) in [5, 5.41) is 3.50. The summed E-state index contributed by atoms with van der Waals surface area (Å²) in [6.45, 7) is 6.04. The molecule has 0 spiro atoms. The second-order valence-electron chi connectivity index (χ2n) is 8.15. The minimum absolute atomic E-state index is 0.445. The number of carbonyl (C=O) groups is 2. The molecule has 0 saturated carbocycles. The molecular formula is C26H29N3O5. The highest BCUT2D eigenvalue weighted by Crippen LogP contribution is 2.31. The topological polar surface area (TPSA) is 90.0 Å². The molecule has 1 atom stereocenters. The molecule has 1 aliphatic heterocycles. The van der Waals surface area contributed by atoms with Gasteiger partial charge >= 0.3 is 5.97 Å². The van der Waals surface area contributed by atoms with Gasteiger partial charge in [-0.1, -0.05) is 25.1 Å². The van der Waals surface area contributed by atoms with Crippen LogP contribution >= 0.6 is 0 Å². The molecule has 0 fully saturated rings. The van der Waals surface area contributed by atoms with Crippen LogP contribution < -0.4 is 14.8 Å². The third-order valence-electron chi connectivity index (χ3n) is 6.10. The average Bonchev–Trinajstić information content (AvgIpc) is 2.86. The molecule has 1 N–H and O–H groups in total. The fourth-order valence-corrected chi connectivity index (χ4v) is 4.16. The number of para-hydroxylation sites is 1. The minimum atomic E-state index is -1.02. The fraction of sp³-hybridized carbons (Fsp3) is 0.346. The van der Waals surface area contributed by atoms with Crippen molar-refractivity contribution in [3.63, 3.8) is 0 Å². The van der Waals surface area contributed by atoms with E-state index in [0.717, 1.165) is 41.7 Å². The molecule has 8 nitrogen and oxygen atoms in total. The van der Waals surface area contributed by atoms with Gasteiger partial charge in [0, 0.05) is 42.2 Å². The van der Waals surface area contributed by atoms with E-state index in [9.17, 15) is 9.59 Å². The van der Waals surface area contributed by atoms with Crippen molar-refractivity contribution in [2.75, 3.05) is 32.6 Å². The van der Waals surface area contributed by atoms with Gasteiger partial charge in [-0.15, -0.1) is 0 Å². The summed E-state index contributed by atoms with van der Waals surface area (Å²) in [6, 6.07) is 12.6. The van der Waals surface area contributed by atoms with Gasteiger partial charge < -0.3 is 19.5 Å². The smallest absolute Gasteiger partial charge is 0.339 e. The number of anilines is 1. The van der Waals surface area contributed by atoms with Gasteiger partial charge in [0.2, 0.25) is 0 Å². The Morgan fingerprint density at radius 1 is 1.15 bits per heavy atom. The van der Waals surface area contributed by atoms with E-state index in [0.29, 0.717) is 29.3 Å². The van der Waals surface area contributed by atoms with E-state index in [4.69, 9.17) is 19.2 Å². The summed E-state index contributed by atoms with van der Waals surface area (Å²) in [7, 11) is 3.06. The number of benzene rings is 2. The van der Waals surface area contributed by atoms with Crippen LogP contribution in [-0.2, 0) is 22.5 Å². The molecule has 3 aromatic rings. The molecule has 2 heterocycles. The predicted octanol–water partition coefficient (Wildman–Crippen LogP) is 3.81. The lowest BCUT2D eigenvalue weighted by Crippen LogP contribution is -2.34. The molecular weight excluding hydrogens is 434 g/mol. The van der Waals surface area contributed by atoms with Crippen LogP contribution in [-0.4, -0.2) is 55.2 Å². The number of ether oxygens (including phenoxy) is 3. The Morgan fingerprint density at radius 2 is 1.94 bits per heavy atom. The summed E-state index contributed by atoms with van der Waals surface area (Å²) >= 11 is 0. The van der Waals surface area contributed by atoms with Gasteiger partial charge in [-0.05, 0) is 31.7 Å². The van der Waals surface area contributed by atoms with Crippen molar-refractivity contribution in [2.24, 2.45) is 0 Å². The summed E-state index contributed by atoms with van der Waals surface area (Å²) in [6.07, 6.45) is -0.255. The lowest BCUT2D eigenvalue weighted by Gasteiger charge is -2.29. The Labute approximate surface area is 198 Å². The van der Waals surface area contributed by atoms with E-state index in [-0.39, 0.29) is 0 Å². The second-order valence-corrected chi connectivity index (χ2v) is 8.15. The molecule has 1 amide bonds. The van der Waals surface area contributed by atoms with Gasteiger partial charge in [-0.25, -0.2) is 4.79 Å². The number of amides is 1. The molecule has 1 unspecified atom stereocenters. The molecule has 0 bridgehead atoms. The first kappa shape index (κ1) is 23.5. The number of nitrogens with one attached hydrogen (secondary N) is 1. The zero-order valence-corrected chi connectivity index (χ0v) is 19.9. The maximum atomic E-state index is 13.4. The van der Waals surface area contributed by atoms with Crippen LogP contribution in [0.25, 0.3) is 10.9 Å². The molecule has 0 aliphatic carbocycles. The molecule has 4 rings (SSSR count). The Hall–Kier alpha value is -3.65. The first-order chi connectivity index (χ1) is 16.4. The minimum Gasteiger partial charge on any atom is -0.497 e.